The number of esters is 4. The Morgan fingerprint density at radius 1 is 0.733 bits per heavy atom. The minimum Gasteiger partial charge on any atom is -0.463 e. The third kappa shape index (κ3) is 7.24. The summed E-state index contributed by atoms with van der Waals surface area (Å²) in [4.78, 5) is 46.5. The van der Waals surface area contributed by atoms with Crippen LogP contribution in [0, 0.1) is 0 Å². The second-order valence-electron chi connectivity index (χ2n) is 7.46. The van der Waals surface area contributed by atoms with E-state index in [0.717, 1.165) is 32.1 Å². The van der Waals surface area contributed by atoms with E-state index < -0.39 is 54.6 Å². The van der Waals surface area contributed by atoms with Crippen LogP contribution in [0.1, 0.15) is 59.8 Å². The van der Waals surface area contributed by atoms with Gasteiger partial charge in [-0.1, -0.05) is 19.3 Å². The highest BCUT2D eigenvalue weighted by Gasteiger charge is 2.53. The zero-order chi connectivity index (χ0) is 22.3. The van der Waals surface area contributed by atoms with E-state index in [0.29, 0.717) is 0 Å². The highest BCUT2D eigenvalue weighted by Crippen LogP contribution is 2.32. The Hall–Kier alpha value is -2.20. The Morgan fingerprint density at radius 3 is 1.80 bits per heavy atom. The second-order valence-corrected chi connectivity index (χ2v) is 7.46. The summed E-state index contributed by atoms with van der Waals surface area (Å²) in [5.74, 6) is -2.53. The van der Waals surface area contributed by atoms with Crippen molar-refractivity contribution < 1.29 is 47.6 Å². The van der Waals surface area contributed by atoms with Gasteiger partial charge in [-0.15, -0.1) is 0 Å². The first-order valence-corrected chi connectivity index (χ1v) is 10.1. The Labute approximate surface area is 175 Å². The molecule has 0 aromatic rings. The number of carbonyl (C=O) groups excluding carboxylic acids is 4. The van der Waals surface area contributed by atoms with Crippen LogP contribution >= 0.6 is 0 Å². The fourth-order valence-corrected chi connectivity index (χ4v) is 3.69. The topological polar surface area (TPSA) is 124 Å². The van der Waals surface area contributed by atoms with Crippen molar-refractivity contribution in [2.24, 2.45) is 0 Å². The Kier molecular flexibility index (Phi) is 9.04. The Bertz CT molecular complexity index is 627. The van der Waals surface area contributed by atoms with E-state index in [9.17, 15) is 19.2 Å². The summed E-state index contributed by atoms with van der Waals surface area (Å²) in [7, 11) is 0. The number of hydrogen-bond donors (Lipinski definition) is 0. The van der Waals surface area contributed by atoms with Crippen LogP contribution in [0.15, 0.2) is 0 Å². The average molecular weight is 430 g/mol. The van der Waals surface area contributed by atoms with Crippen LogP contribution in [0.2, 0.25) is 0 Å². The van der Waals surface area contributed by atoms with Crippen molar-refractivity contribution >= 4 is 23.9 Å². The lowest BCUT2D eigenvalue weighted by molar-refractivity contribution is -0.318. The van der Waals surface area contributed by atoms with Crippen LogP contribution in [0.25, 0.3) is 0 Å². The van der Waals surface area contributed by atoms with E-state index in [2.05, 4.69) is 0 Å². The van der Waals surface area contributed by atoms with Gasteiger partial charge in [0.2, 0.25) is 0 Å². The van der Waals surface area contributed by atoms with E-state index in [1.807, 2.05) is 0 Å². The molecule has 1 saturated carbocycles. The lowest BCUT2D eigenvalue weighted by atomic mass is 9.96. The summed E-state index contributed by atoms with van der Waals surface area (Å²) in [5.41, 5.74) is 0. The van der Waals surface area contributed by atoms with Crippen LogP contribution in [-0.2, 0) is 47.6 Å². The molecule has 2 aliphatic rings. The summed E-state index contributed by atoms with van der Waals surface area (Å²) in [5, 5.41) is 0. The lowest BCUT2D eigenvalue weighted by Gasteiger charge is -2.45. The molecule has 2 rings (SSSR count). The van der Waals surface area contributed by atoms with Gasteiger partial charge in [0, 0.05) is 27.7 Å². The third-order valence-corrected chi connectivity index (χ3v) is 4.83. The monoisotopic (exact) mass is 430 g/mol. The van der Waals surface area contributed by atoms with Crippen molar-refractivity contribution in [3.63, 3.8) is 0 Å². The molecule has 5 atom stereocenters. The molecule has 0 N–H and O–H groups in total. The molecule has 10 heteroatoms. The molecule has 0 unspecified atom stereocenters. The zero-order valence-corrected chi connectivity index (χ0v) is 17.8. The molecular formula is C20H30O10. The first kappa shape index (κ1) is 24.1. The van der Waals surface area contributed by atoms with Crippen LogP contribution in [0.5, 0.6) is 0 Å². The van der Waals surface area contributed by atoms with Gasteiger partial charge in [0.15, 0.2) is 24.6 Å². The molecule has 10 nitrogen and oxygen atoms in total. The SMILES string of the molecule is CC(=O)OC[C@H]1O[C@H](OC2CCCCC2)[C@@H](OC(C)=O)[C@@H](OC(C)=O)[C@@H]1OC(C)=O. The van der Waals surface area contributed by atoms with Crippen LogP contribution < -0.4 is 0 Å². The van der Waals surface area contributed by atoms with E-state index in [1.165, 1.54) is 27.7 Å². The normalized spacial score (nSPS) is 29.5. The van der Waals surface area contributed by atoms with Crippen LogP contribution in [0.4, 0.5) is 0 Å². The van der Waals surface area contributed by atoms with Crippen molar-refractivity contribution in [3.05, 3.63) is 0 Å². The van der Waals surface area contributed by atoms with Gasteiger partial charge in [0.25, 0.3) is 0 Å². The molecule has 0 aromatic carbocycles. The first-order chi connectivity index (χ1) is 14.2. The highest BCUT2D eigenvalue weighted by atomic mass is 16.7. The third-order valence-electron chi connectivity index (χ3n) is 4.83. The summed E-state index contributed by atoms with van der Waals surface area (Å²) in [6, 6.07) is 0. The van der Waals surface area contributed by atoms with Gasteiger partial charge in [0.05, 0.1) is 6.10 Å². The van der Waals surface area contributed by atoms with E-state index >= 15 is 0 Å². The Balaban J connectivity index is 2.34. The maximum atomic E-state index is 11.8. The lowest BCUT2D eigenvalue weighted by Crippen LogP contribution is -2.63. The van der Waals surface area contributed by atoms with Gasteiger partial charge in [-0.25, -0.2) is 0 Å². The molecule has 170 valence electrons. The zero-order valence-electron chi connectivity index (χ0n) is 17.8. The summed E-state index contributed by atoms with van der Waals surface area (Å²) < 4.78 is 33.1. The standard InChI is InChI=1S/C20H30O10/c1-11(21)25-10-16-17(26-12(2)22)18(27-13(3)23)19(28-14(4)24)20(30-16)29-15-8-6-5-7-9-15/h15-20H,5-10H2,1-4H3/t16-,17-,18+,19+,20+/m1/s1. The quantitative estimate of drug-likeness (QED) is 0.432. The summed E-state index contributed by atoms with van der Waals surface area (Å²) in [6.07, 6.45) is -0.995. The second kappa shape index (κ2) is 11.3. The van der Waals surface area contributed by atoms with Crippen molar-refractivity contribution in [2.75, 3.05) is 6.61 Å². The van der Waals surface area contributed by atoms with E-state index in [4.69, 9.17) is 28.4 Å². The summed E-state index contributed by atoms with van der Waals surface area (Å²) in [6.45, 7) is 4.53. The molecule has 2 fully saturated rings. The molecule has 0 bridgehead atoms. The van der Waals surface area contributed by atoms with Gasteiger partial charge in [-0.3, -0.25) is 19.2 Å². The average Bonchev–Trinajstić information content (AvgIpc) is 2.64. The van der Waals surface area contributed by atoms with Gasteiger partial charge in [-0.2, -0.15) is 0 Å². The van der Waals surface area contributed by atoms with Gasteiger partial charge >= 0.3 is 23.9 Å². The fraction of sp³-hybridized carbons (Fsp3) is 0.800. The molecule has 0 radical (unpaired) electrons. The number of rotatable bonds is 7. The fourth-order valence-electron chi connectivity index (χ4n) is 3.69. The van der Waals surface area contributed by atoms with Gasteiger partial charge in [0.1, 0.15) is 12.7 Å². The van der Waals surface area contributed by atoms with Crippen molar-refractivity contribution in [3.8, 4) is 0 Å². The molecule has 30 heavy (non-hydrogen) atoms. The smallest absolute Gasteiger partial charge is 0.303 e. The number of ether oxygens (including phenoxy) is 6. The van der Waals surface area contributed by atoms with Gasteiger partial charge in [-0.05, 0) is 12.8 Å². The first-order valence-electron chi connectivity index (χ1n) is 10.1. The number of hydrogen-bond acceptors (Lipinski definition) is 10. The van der Waals surface area contributed by atoms with Crippen LogP contribution in [-0.4, -0.2) is 67.3 Å². The molecule has 1 aliphatic heterocycles. The maximum Gasteiger partial charge on any atom is 0.303 e. The molecule has 0 amide bonds. The predicted molar refractivity (Wildman–Crippen MR) is 99.9 cm³/mol. The molecular weight excluding hydrogens is 400 g/mol. The predicted octanol–water partition coefficient (Wildman–Crippen LogP) is 1.42. The molecule has 1 heterocycles. The van der Waals surface area contributed by atoms with Crippen molar-refractivity contribution in [1.29, 1.82) is 0 Å². The van der Waals surface area contributed by atoms with Crippen molar-refractivity contribution in [2.45, 2.75) is 96.6 Å². The molecule has 1 saturated heterocycles. The minimum atomic E-state index is -1.20. The van der Waals surface area contributed by atoms with Crippen LogP contribution in [0.3, 0.4) is 0 Å². The molecule has 0 aromatic heterocycles. The van der Waals surface area contributed by atoms with Crippen molar-refractivity contribution in [1.82, 2.24) is 0 Å². The molecule has 1 aliphatic carbocycles. The Morgan fingerprint density at radius 2 is 1.27 bits per heavy atom. The molecule has 0 spiro atoms. The highest BCUT2D eigenvalue weighted by molar-refractivity contribution is 5.68. The largest absolute Gasteiger partial charge is 0.463 e. The number of carbonyl (C=O) groups is 4. The van der Waals surface area contributed by atoms with Gasteiger partial charge < -0.3 is 28.4 Å². The van der Waals surface area contributed by atoms with E-state index in [1.54, 1.807) is 0 Å². The van der Waals surface area contributed by atoms with E-state index in [-0.39, 0.29) is 12.7 Å². The maximum absolute atomic E-state index is 11.8. The summed E-state index contributed by atoms with van der Waals surface area (Å²) >= 11 is 0. The minimum absolute atomic E-state index is 0.126.